The molecule has 112 valence electrons. The minimum absolute atomic E-state index is 0.240. The van der Waals surface area contributed by atoms with Crippen molar-refractivity contribution < 1.29 is 4.79 Å². The van der Waals surface area contributed by atoms with E-state index in [1.54, 1.807) is 12.1 Å². The Kier molecular flexibility index (Phi) is 5.42. The average Bonchev–Trinajstić information content (AvgIpc) is 2.59. The molecule has 0 saturated carbocycles. The van der Waals surface area contributed by atoms with E-state index < -0.39 is 18.0 Å². The zero-order chi connectivity index (χ0) is 15.8. The fourth-order valence-corrected chi connectivity index (χ4v) is 1.99. The maximum absolute atomic E-state index is 12.1. The van der Waals surface area contributed by atoms with Gasteiger partial charge < -0.3 is 5.32 Å². The lowest BCUT2D eigenvalue weighted by Crippen LogP contribution is -2.36. The standard InChI is InChI=1S/C15H14N4O3/c20-15(17-9-11-5-2-1-3-6-11)14(19-22)13(18-21)12-7-4-8-16-10-12/h1-8,10,13-14H,9H2,(H,17,20). The fourth-order valence-electron chi connectivity index (χ4n) is 1.99. The molecule has 1 aromatic carbocycles. The maximum Gasteiger partial charge on any atom is 0.251 e. The van der Waals surface area contributed by atoms with Crippen LogP contribution in [0.15, 0.2) is 65.2 Å². The molecule has 2 aromatic rings. The first-order valence-corrected chi connectivity index (χ1v) is 6.62. The van der Waals surface area contributed by atoms with Crippen LogP contribution in [-0.4, -0.2) is 16.9 Å². The molecule has 0 fully saturated rings. The zero-order valence-corrected chi connectivity index (χ0v) is 11.6. The molecule has 1 heterocycles. The molecule has 7 heteroatoms. The van der Waals surface area contributed by atoms with E-state index in [2.05, 4.69) is 20.7 Å². The van der Waals surface area contributed by atoms with Gasteiger partial charge in [0.2, 0.25) is 0 Å². The summed E-state index contributed by atoms with van der Waals surface area (Å²) >= 11 is 0. The normalized spacial score (nSPS) is 12.9. The van der Waals surface area contributed by atoms with Gasteiger partial charge in [0.15, 0.2) is 12.1 Å². The van der Waals surface area contributed by atoms with Crippen molar-refractivity contribution >= 4 is 5.91 Å². The highest BCUT2D eigenvalue weighted by atomic mass is 16.3. The smallest absolute Gasteiger partial charge is 0.251 e. The Labute approximate surface area is 126 Å². The molecule has 22 heavy (non-hydrogen) atoms. The summed E-state index contributed by atoms with van der Waals surface area (Å²) in [5.74, 6) is -0.646. The van der Waals surface area contributed by atoms with Crippen molar-refractivity contribution in [1.29, 1.82) is 0 Å². The minimum Gasteiger partial charge on any atom is -0.350 e. The highest BCUT2D eigenvalue weighted by Crippen LogP contribution is 2.23. The molecular weight excluding hydrogens is 284 g/mol. The van der Waals surface area contributed by atoms with Crippen LogP contribution >= 0.6 is 0 Å². The monoisotopic (exact) mass is 298 g/mol. The van der Waals surface area contributed by atoms with Gasteiger partial charge in [-0.25, -0.2) is 0 Å². The summed E-state index contributed by atoms with van der Waals surface area (Å²) in [5.41, 5.74) is 1.24. The molecule has 2 unspecified atom stereocenters. The Morgan fingerprint density at radius 1 is 1.09 bits per heavy atom. The second-order valence-electron chi connectivity index (χ2n) is 4.59. The van der Waals surface area contributed by atoms with Crippen LogP contribution in [-0.2, 0) is 11.3 Å². The van der Waals surface area contributed by atoms with Gasteiger partial charge in [-0.15, -0.1) is 4.91 Å². The number of pyridine rings is 1. The van der Waals surface area contributed by atoms with Gasteiger partial charge in [-0.1, -0.05) is 46.8 Å². The van der Waals surface area contributed by atoms with Gasteiger partial charge in [0.25, 0.3) is 5.91 Å². The van der Waals surface area contributed by atoms with Crippen LogP contribution in [0.3, 0.4) is 0 Å². The van der Waals surface area contributed by atoms with Crippen molar-refractivity contribution in [3.63, 3.8) is 0 Å². The summed E-state index contributed by atoms with van der Waals surface area (Å²) in [6.07, 6.45) is 2.90. The molecule has 0 radical (unpaired) electrons. The SMILES string of the molecule is O=NC(C(=O)NCc1ccccc1)C(N=O)c1cccnc1. The number of aromatic nitrogens is 1. The average molecular weight is 298 g/mol. The summed E-state index contributed by atoms with van der Waals surface area (Å²) in [5, 5.41) is 8.21. The van der Waals surface area contributed by atoms with E-state index in [0.717, 1.165) is 5.56 Å². The number of carbonyl (C=O) groups is 1. The van der Waals surface area contributed by atoms with Crippen molar-refractivity contribution in [2.24, 2.45) is 10.4 Å². The molecular formula is C15H14N4O3. The first-order valence-electron chi connectivity index (χ1n) is 6.62. The third kappa shape index (κ3) is 3.78. The quantitative estimate of drug-likeness (QED) is 0.793. The number of benzene rings is 1. The first-order chi connectivity index (χ1) is 10.8. The summed E-state index contributed by atoms with van der Waals surface area (Å²) in [6.45, 7) is 0.240. The largest absolute Gasteiger partial charge is 0.350 e. The second-order valence-corrected chi connectivity index (χ2v) is 4.59. The molecule has 2 rings (SSSR count). The van der Waals surface area contributed by atoms with Crippen molar-refractivity contribution in [2.45, 2.75) is 18.6 Å². The molecule has 0 aliphatic rings. The van der Waals surface area contributed by atoms with Gasteiger partial charge in [-0.05, 0) is 11.6 Å². The van der Waals surface area contributed by atoms with E-state index in [1.165, 1.54) is 12.4 Å². The lowest BCUT2D eigenvalue weighted by Gasteiger charge is -2.15. The summed E-state index contributed by atoms with van der Waals surface area (Å²) < 4.78 is 0. The fraction of sp³-hybridized carbons (Fsp3) is 0.200. The number of nitrogens with zero attached hydrogens (tertiary/aromatic N) is 3. The van der Waals surface area contributed by atoms with Gasteiger partial charge >= 0.3 is 0 Å². The third-order valence-corrected chi connectivity index (χ3v) is 3.13. The number of hydrogen-bond acceptors (Lipinski definition) is 6. The lowest BCUT2D eigenvalue weighted by molar-refractivity contribution is -0.122. The molecule has 0 spiro atoms. The van der Waals surface area contributed by atoms with Crippen LogP contribution in [0.4, 0.5) is 0 Å². The second kappa shape index (κ2) is 7.72. The molecule has 1 aromatic heterocycles. The summed E-state index contributed by atoms with van der Waals surface area (Å²) in [7, 11) is 0. The van der Waals surface area contributed by atoms with E-state index in [9.17, 15) is 14.6 Å². The number of rotatable bonds is 7. The van der Waals surface area contributed by atoms with Crippen LogP contribution < -0.4 is 5.32 Å². The maximum atomic E-state index is 12.1. The van der Waals surface area contributed by atoms with E-state index in [4.69, 9.17) is 0 Å². The zero-order valence-electron chi connectivity index (χ0n) is 11.6. The highest BCUT2D eigenvalue weighted by Gasteiger charge is 2.32. The molecule has 1 N–H and O–H groups in total. The number of hydrogen-bond donors (Lipinski definition) is 1. The van der Waals surface area contributed by atoms with Crippen LogP contribution in [0.25, 0.3) is 0 Å². The minimum atomic E-state index is -1.43. The van der Waals surface area contributed by atoms with Gasteiger partial charge in [-0.3, -0.25) is 9.78 Å². The van der Waals surface area contributed by atoms with Crippen LogP contribution in [0.2, 0.25) is 0 Å². The van der Waals surface area contributed by atoms with E-state index >= 15 is 0 Å². The molecule has 0 aliphatic heterocycles. The van der Waals surface area contributed by atoms with E-state index in [-0.39, 0.29) is 6.54 Å². The number of nitroso groups, excluding NO2 is 2. The van der Waals surface area contributed by atoms with Gasteiger partial charge in [-0.2, -0.15) is 4.91 Å². The molecule has 0 bridgehead atoms. The van der Waals surface area contributed by atoms with Crippen molar-refractivity contribution in [1.82, 2.24) is 10.3 Å². The Balaban J connectivity index is 2.07. The van der Waals surface area contributed by atoms with Crippen molar-refractivity contribution in [2.75, 3.05) is 0 Å². The molecule has 7 nitrogen and oxygen atoms in total. The highest BCUT2D eigenvalue weighted by molar-refractivity contribution is 5.83. The number of carbonyl (C=O) groups excluding carboxylic acids is 1. The molecule has 0 aliphatic carbocycles. The Morgan fingerprint density at radius 3 is 2.45 bits per heavy atom. The Morgan fingerprint density at radius 2 is 1.86 bits per heavy atom. The van der Waals surface area contributed by atoms with Gasteiger partial charge in [0, 0.05) is 24.5 Å². The number of amides is 1. The van der Waals surface area contributed by atoms with Crippen LogP contribution in [0.1, 0.15) is 17.2 Å². The molecule has 2 atom stereocenters. The topological polar surface area (TPSA) is 101 Å². The van der Waals surface area contributed by atoms with E-state index in [1.807, 2.05) is 30.3 Å². The van der Waals surface area contributed by atoms with Crippen molar-refractivity contribution in [3.05, 3.63) is 75.8 Å². The van der Waals surface area contributed by atoms with E-state index in [0.29, 0.717) is 5.56 Å². The molecule has 1 amide bonds. The van der Waals surface area contributed by atoms with Gasteiger partial charge in [0.05, 0.1) is 0 Å². The predicted octanol–water partition coefficient (Wildman–Crippen LogP) is 2.34. The Bertz CT molecular complexity index is 634. The van der Waals surface area contributed by atoms with Crippen LogP contribution in [0, 0.1) is 9.81 Å². The van der Waals surface area contributed by atoms with Crippen LogP contribution in [0.5, 0.6) is 0 Å². The summed E-state index contributed by atoms with van der Waals surface area (Å²) in [4.78, 5) is 38.0. The first kappa shape index (κ1) is 15.4. The summed E-state index contributed by atoms with van der Waals surface area (Å²) in [6, 6.07) is 9.74. The third-order valence-electron chi connectivity index (χ3n) is 3.13. The predicted molar refractivity (Wildman–Crippen MR) is 80.6 cm³/mol. The van der Waals surface area contributed by atoms with Gasteiger partial charge in [0.1, 0.15) is 0 Å². The Hall–Kier alpha value is -2.96. The van der Waals surface area contributed by atoms with Crippen molar-refractivity contribution in [3.8, 4) is 0 Å². The lowest BCUT2D eigenvalue weighted by atomic mass is 10.0. The molecule has 0 saturated heterocycles. The number of nitrogens with one attached hydrogen (secondary N) is 1.